The Labute approximate surface area is 272 Å². The molecule has 2 aliphatic rings. The van der Waals surface area contributed by atoms with Crippen LogP contribution in [-0.4, -0.2) is 79.7 Å². The van der Waals surface area contributed by atoms with Gasteiger partial charge in [-0.3, -0.25) is 29.1 Å². The van der Waals surface area contributed by atoms with E-state index in [1.165, 1.54) is 16.7 Å². The molecule has 2 aliphatic heterocycles. The largest absolute Gasteiger partial charge is 0.324 e. The number of anilines is 2. The van der Waals surface area contributed by atoms with E-state index in [-0.39, 0.29) is 24.4 Å². The number of carbonyl (C=O) groups is 2. The standard InChI is InChI=1S/C36H46N8O2/c1-7-33-11-10-28(31-20-39-42(5)22-31)17-26(3)44(33,6)16-8-9-25(2)36(46)41-34-18-32(21-38-27(34)4)40-35(45)24-43-15-13-29-19-37-14-12-30(29)23-43/h9-12,14,17-22,26,33H,7-8,13,15-16,23-24H2,1-6H3,(H-,40,41,45,46)/p+1. The fraction of sp³-hybridized carbons (Fsp3) is 0.417. The Kier molecular flexibility index (Phi) is 10.3. The highest BCUT2D eigenvalue weighted by Crippen LogP contribution is 2.30. The molecule has 46 heavy (non-hydrogen) atoms. The maximum absolute atomic E-state index is 13.2. The zero-order chi connectivity index (χ0) is 32.8. The fourth-order valence-electron chi connectivity index (χ4n) is 6.46. The van der Waals surface area contributed by atoms with Crippen molar-refractivity contribution in [2.75, 3.05) is 37.3 Å². The molecule has 0 saturated carbocycles. The highest BCUT2D eigenvalue weighted by atomic mass is 16.2. The van der Waals surface area contributed by atoms with E-state index in [1.807, 2.05) is 50.1 Å². The number of aryl methyl sites for hydroxylation is 2. The molecule has 0 saturated heterocycles. The van der Waals surface area contributed by atoms with Gasteiger partial charge in [0.25, 0.3) is 5.91 Å². The zero-order valence-corrected chi connectivity index (χ0v) is 28.0. The van der Waals surface area contributed by atoms with E-state index in [2.05, 4.69) is 75.9 Å². The van der Waals surface area contributed by atoms with Crippen molar-refractivity contribution >= 4 is 28.8 Å². The predicted octanol–water partition coefficient (Wildman–Crippen LogP) is 5.06. The maximum Gasteiger partial charge on any atom is 0.251 e. The van der Waals surface area contributed by atoms with Crippen molar-refractivity contribution in [3.8, 4) is 0 Å². The number of nitrogens with zero attached hydrogens (tertiary/aromatic N) is 6. The van der Waals surface area contributed by atoms with Gasteiger partial charge in [0.15, 0.2) is 0 Å². The molecule has 2 amide bonds. The van der Waals surface area contributed by atoms with Crippen LogP contribution >= 0.6 is 0 Å². The third-order valence-corrected chi connectivity index (χ3v) is 9.56. The minimum atomic E-state index is -0.174. The first-order chi connectivity index (χ1) is 22.0. The van der Waals surface area contributed by atoms with Gasteiger partial charge < -0.3 is 15.1 Å². The van der Waals surface area contributed by atoms with Gasteiger partial charge in [-0.25, -0.2) is 0 Å². The second kappa shape index (κ2) is 14.3. The smallest absolute Gasteiger partial charge is 0.251 e. The summed E-state index contributed by atoms with van der Waals surface area (Å²) in [5.41, 5.74) is 7.26. The lowest BCUT2D eigenvalue weighted by Crippen LogP contribution is -2.56. The Morgan fingerprint density at radius 1 is 1.17 bits per heavy atom. The van der Waals surface area contributed by atoms with Crippen LogP contribution in [0.15, 0.2) is 73.0 Å². The maximum atomic E-state index is 13.2. The van der Waals surface area contributed by atoms with Gasteiger partial charge in [-0.2, -0.15) is 5.10 Å². The Morgan fingerprint density at radius 2 is 2.00 bits per heavy atom. The molecular weight excluding hydrogens is 576 g/mol. The summed E-state index contributed by atoms with van der Waals surface area (Å²) in [7, 11) is 4.25. The molecule has 3 unspecified atom stereocenters. The summed E-state index contributed by atoms with van der Waals surface area (Å²) in [5.74, 6) is -0.286. The summed E-state index contributed by atoms with van der Waals surface area (Å²) < 4.78 is 2.69. The van der Waals surface area contributed by atoms with E-state index in [0.29, 0.717) is 28.7 Å². The number of quaternary nitrogens is 1. The second-order valence-electron chi connectivity index (χ2n) is 12.8. The summed E-state index contributed by atoms with van der Waals surface area (Å²) in [4.78, 5) is 36.9. The predicted molar refractivity (Wildman–Crippen MR) is 183 cm³/mol. The van der Waals surface area contributed by atoms with Crippen molar-refractivity contribution in [2.45, 2.75) is 65.6 Å². The minimum absolute atomic E-state index is 0.112. The van der Waals surface area contributed by atoms with Crippen LogP contribution in [0.4, 0.5) is 11.4 Å². The van der Waals surface area contributed by atoms with Crippen LogP contribution in [0.1, 0.15) is 56.0 Å². The van der Waals surface area contributed by atoms with E-state index in [1.54, 1.807) is 18.5 Å². The SMILES string of the molecule is CCC1C=CC(c2cnn(C)c2)=CC(C)[N+]1(C)CCC=C(C)C(=O)Nc1cc(NC(=O)CN2CCc3cnccc3C2)cnc1C. The van der Waals surface area contributed by atoms with Crippen molar-refractivity contribution in [1.82, 2.24) is 24.6 Å². The van der Waals surface area contributed by atoms with Gasteiger partial charge in [0.05, 0.1) is 49.6 Å². The van der Waals surface area contributed by atoms with Gasteiger partial charge in [-0.15, -0.1) is 0 Å². The van der Waals surface area contributed by atoms with Crippen molar-refractivity contribution in [3.05, 3.63) is 95.4 Å². The van der Waals surface area contributed by atoms with Gasteiger partial charge in [0.1, 0.15) is 12.1 Å². The topological polar surface area (TPSA) is 105 Å². The molecule has 5 rings (SSSR count). The highest BCUT2D eigenvalue weighted by Gasteiger charge is 2.35. The molecule has 10 nitrogen and oxygen atoms in total. The summed E-state index contributed by atoms with van der Waals surface area (Å²) in [6, 6.07) is 4.44. The molecule has 0 aromatic carbocycles. The first-order valence-electron chi connectivity index (χ1n) is 16.2. The molecular formula is C36H47N8O2+. The quantitative estimate of drug-likeness (QED) is 0.242. The lowest BCUT2D eigenvalue weighted by Gasteiger charge is -2.43. The molecule has 242 valence electrons. The fourth-order valence-corrected chi connectivity index (χ4v) is 6.46. The number of likely N-dealkylation sites (N-methyl/N-ethyl adjacent to an activating group) is 1. The van der Waals surface area contributed by atoms with Crippen molar-refractivity contribution in [2.24, 2.45) is 7.05 Å². The highest BCUT2D eigenvalue weighted by molar-refractivity contribution is 6.04. The number of rotatable bonds is 10. The van der Waals surface area contributed by atoms with E-state index in [4.69, 9.17) is 0 Å². The van der Waals surface area contributed by atoms with E-state index >= 15 is 0 Å². The molecule has 0 bridgehead atoms. The molecule has 5 heterocycles. The van der Waals surface area contributed by atoms with Crippen LogP contribution in [0.25, 0.3) is 5.57 Å². The Balaban J connectivity index is 1.18. The van der Waals surface area contributed by atoms with Crippen LogP contribution < -0.4 is 10.6 Å². The number of fused-ring (bicyclic) bond motifs is 1. The Hall–Kier alpha value is -4.41. The number of allylic oxidation sites excluding steroid dienone is 2. The van der Waals surface area contributed by atoms with Crippen LogP contribution in [0.3, 0.4) is 0 Å². The minimum Gasteiger partial charge on any atom is -0.324 e. The van der Waals surface area contributed by atoms with Crippen molar-refractivity contribution in [3.63, 3.8) is 0 Å². The molecule has 0 fully saturated rings. The van der Waals surface area contributed by atoms with Crippen molar-refractivity contribution in [1.29, 1.82) is 0 Å². The van der Waals surface area contributed by atoms with Crippen LogP contribution in [0.5, 0.6) is 0 Å². The first-order valence-corrected chi connectivity index (χ1v) is 16.2. The summed E-state index contributed by atoms with van der Waals surface area (Å²) in [5, 5.41) is 10.3. The average Bonchev–Trinajstić information content (AvgIpc) is 3.42. The molecule has 3 aromatic heterocycles. The van der Waals surface area contributed by atoms with E-state index in [0.717, 1.165) is 48.9 Å². The zero-order valence-electron chi connectivity index (χ0n) is 28.0. The number of hydrogen-bond acceptors (Lipinski definition) is 6. The van der Waals surface area contributed by atoms with Crippen LogP contribution in [-0.2, 0) is 29.6 Å². The molecule has 0 radical (unpaired) electrons. The number of hydrogen-bond donors (Lipinski definition) is 2. The first kappa shape index (κ1) is 33.0. The van der Waals surface area contributed by atoms with Gasteiger partial charge in [0, 0.05) is 62.7 Å². The number of amides is 2. The third kappa shape index (κ3) is 7.68. The lowest BCUT2D eigenvalue weighted by atomic mass is 10.0. The molecule has 3 atom stereocenters. The molecule has 3 aromatic rings. The summed E-state index contributed by atoms with van der Waals surface area (Å²) >= 11 is 0. The van der Waals surface area contributed by atoms with E-state index in [9.17, 15) is 9.59 Å². The summed E-state index contributed by atoms with van der Waals surface area (Å²) in [6.45, 7) is 10.9. The molecule has 10 heteroatoms. The average molecular weight is 624 g/mol. The monoisotopic (exact) mass is 623 g/mol. The number of pyridine rings is 2. The van der Waals surface area contributed by atoms with Gasteiger partial charge in [0.2, 0.25) is 5.91 Å². The van der Waals surface area contributed by atoms with Crippen molar-refractivity contribution < 1.29 is 14.1 Å². The molecule has 0 aliphatic carbocycles. The lowest BCUT2D eigenvalue weighted by molar-refractivity contribution is -0.942. The molecule has 2 N–H and O–H groups in total. The van der Waals surface area contributed by atoms with Crippen LogP contribution in [0.2, 0.25) is 0 Å². The van der Waals surface area contributed by atoms with Gasteiger partial charge >= 0.3 is 0 Å². The van der Waals surface area contributed by atoms with Gasteiger partial charge in [-0.1, -0.05) is 19.1 Å². The van der Waals surface area contributed by atoms with E-state index < -0.39 is 0 Å². The Bertz CT molecular complexity index is 1670. The number of nitrogens with one attached hydrogen (secondary N) is 2. The van der Waals surface area contributed by atoms with Crippen LogP contribution in [0, 0.1) is 6.92 Å². The molecule has 0 spiro atoms. The second-order valence-corrected chi connectivity index (χ2v) is 12.8. The normalized spacial score (nSPS) is 21.7. The number of aromatic nitrogens is 4. The number of carbonyl (C=O) groups excluding carboxylic acids is 2. The van der Waals surface area contributed by atoms with Gasteiger partial charge in [-0.05, 0) is 68.2 Å². The third-order valence-electron chi connectivity index (χ3n) is 9.56. The Morgan fingerprint density at radius 3 is 2.76 bits per heavy atom. The summed E-state index contributed by atoms with van der Waals surface area (Å²) in [6.07, 6.45) is 20.9.